The third kappa shape index (κ3) is 4.14. The Labute approximate surface area is 159 Å². The zero-order chi connectivity index (χ0) is 20.8. The van der Waals surface area contributed by atoms with E-state index in [2.05, 4.69) is 18.5 Å². The molecule has 0 unspecified atom stereocenters. The molecular formula is C19H20N4O5. The van der Waals surface area contributed by atoms with Gasteiger partial charge < -0.3 is 5.32 Å². The molecule has 0 aliphatic rings. The summed E-state index contributed by atoms with van der Waals surface area (Å²) in [6.07, 6.45) is 2.66. The van der Waals surface area contributed by atoms with Crippen molar-refractivity contribution in [3.8, 4) is 0 Å². The summed E-state index contributed by atoms with van der Waals surface area (Å²) >= 11 is 0. The van der Waals surface area contributed by atoms with Gasteiger partial charge in [0.05, 0.1) is 18.8 Å². The lowest BCUT2D eigenvalue weighted by molar-refractivity contribution is -0.116. The summed E-state index contributed by atoms with van der Waals surface area (Å²) in [5, 5.41) is 2.52. The molecule has 1 aromatic carbocycles. The zero-order valence-corrected chi connectivity index (χ0v) is 15.4. The maximum absolute atomic E-state index is 12.5. The Kier molecular flexibility index (Phi) is 6.43. The summed E-state index contributed by atoms with van der Waals surface area (Å²) in [6, 6.07) is 6.36. The van der Waals surface area contributed by atoms with Crippen LogP contribution in [0.25, 0.3) is 0 Å². The molecule has 0 atom stereocenters. The Hall–Kier alpha value is -3.75. The van der Waals surface area contributed by atoms with Crippen molar-refractivity contribution in [1.82, 2.24) is 13.7 Å². The molecule has 2 aromatic rings. The van der Waals surface area contributed by atoms with Gasteiger partial charge in [0.2, 0.25) is 5.91 Å². The minimum absolute atomic E-state index is 0.121. The summed E-state index contributed by atoms with van der Waals surface area (Å²) < 4.78 is 2.25. The first-order valence-corrected chi connectivity index (χ1v) is 8.37. The van der Waals surface area contributed by atoms with Crippen molar-refractivity contribution in [2.75, 3.05) is 5.32 Å². The molecule has 0 aliphatic heterocycles. The van der Waals surface area contributed by atoms with Crippen molar-refractivity contribution in [3.05, 3.63) is 86.6 Å². The van der Waals surface area contributed by atoms with Crippen molar-refractivity contribution < 1.29 is 9.59 Å². The van der Waals surface area contributed by atoms with Gasteiger partial charge in [0, 0.05) is 5.56 Å². The molecule has 1 N–H and O–H groups in total. The number of hydrogen-bond donors (Lipinski definition) is 1. The fourth-order valence-electron chi connectivity index (χ4n) is 2.62. The Bertz CT molecular complexity index is 1070. The van der Waals surface area contributed by atoms with Crippen LogP contribution in [0.5, 0.6) is 0 Å². The second-order valence-corrected chi connectivity index (χ2v) is 5.88. The monoisotopic (exact) mass is 384 g/mol. The molecule has 0 radical (unpaired) electrons. The summed E-state index contributed by atoms with van der Waals surface area (Å²) in [6.45, 7) is 7.45. The molecule has 0 fully saturated rings. The van der Waals surface area contributed by atoms with E-state index in [-0.39, 0.29) is 24.6 Å². The van der Waals surface area contributed by atoms with Gasteiger partial charge in [-0.1, -0.05) is 24.3 Å². The van der Waals surface area contributed by atoms with Gasteiger partial charge in [0.25, 0.3) is 0 Å². The number of amides is 1. The predicted molar refractivity (Wildman–Crippen MR) is 105 cm³/mol. The van der Waals surface area contributed by atoms with E-state index >= 15 is 0 Å². The lowest BCUT2D eigenvalue weighted by Crippen LogP contribution is -2.55. The number of carbonyl (C=O) groups is 2. The number of carbonyl (C=O) groups excluding carboxylic acids is 2. The lowest BCUT2D eigenvalue weighted by atomic mass is 10.1. The van der Waals surface area contributed by atoms with Gasteiger partial charge in [-0.15, -0.1) is 13.2 Å². The predicted octanol–water partition coefficient (Wildman–Crippen LogP) is 0.385. The molecule has 0 saturated heterocycles. The van der Waals surface area contributed by atoms with E-state index in [0.717, 1.165) is 9.13 Å². The second kappa shape index (κ2) is 8.76. The first-order valence-electron chi connectivity index (χ1n) is 8.37. The third-order valence-electron chi connectivity index (χ3n) is 3.89. The molecule has 9 heteroatoms. The van der Waals surface area contributed by atoms with Gasteiger partial charge in [-0.25, -0.2) is 28.1 Å². The number of para-hydroxylation sites is 1. The van der Waals surface area contributed by atoms with Crippen molar-refractivity contribution in [3.63, 3.8) is 0 Å². The zero-order valence-electron chi connectivity index (χ0n) is 15.4. The molecule has 1 heterocycles. The largest absolute Gasteiger partial charge is 0.337 e. The molecule has 0 aliphatic carbocycles. The number of rotatable bonds is 8. The third-order valence-corrected chi connectivity index (χ3v) is 3.89. The Morgan fingerprint density at radius 2 is 1.43 bits per heavy atom. The van der Waals surface area contributed by atoms with Crippen LogP contribution in [0.15, 0.2) is 64.0 Å². The molecule has 9 nitrogen and oxygen atoms in total. The van der Waals surface area contributed by atoms with Gasteiger partial charge in [0.15, 0.2) is 5.78 Å². The Morgan fingerprint density at radius 3 is 1.93 bits per heavy atom. The van der Waals surface area contributed by atoms with E-state index < -0.39 is 29.5 Å². The van der Waals surface area contributed by atoms with Crippen LogP contribution in [-0.2, 0) is 24.4 Å². The highest BCUT2D eigenvalue weighted by molar-refractivity contribution is 6.03. The average molecular weight is 384 g/mol. The van der Waals surface area contributed by atoms with Gasteiger partial charge in [-0.05, 0) is 19.1 Å². The van der Waals surface area contributed by atoms with Crippen LogP contribution >= 0.6 is 0 Å². The number of ketones is 1. The highest BCUT2D eigenvalue weighted by Crippen LogP contribution is 2.15. The van der Waals surface area contributed by atoms with E-state index in [1.54, 1.807) is 18.2 Å². The Balaban J connectivity index is 2.47. The molecule has 0 saturated carbocycles. The average Bonchev–Trinajstić information content (AvgIpc) is 2.66. The Morgan fingerprint density at radius 1 is 0.929 bits per heavy atom. The van der Waals surface area contributed by atoms with Crippen molar-refractivity contribution in [2.45, 2.75) is 26.6 Å². The lowest BCUT2D eigenvalue weighted by Gasteiger charge is -2.13. The molecule has 1 aromatic heterocycles. The van der Waals surface area contributed by atoms with E-state index in [9.17, 15) is 24.0 Å². The maximum atomic E-state index is 12.5. The number of Topliss-reactive ketones (excluding diaryl/α,β-unsaturated/α-hetero) is 1. The fraction of sp³-hybridized carbons (Fsp3) is 0.211. The van der Waals surface area contributed by atoms with Gasteiger partial charge >= 0.3 is 17.1 Å². The van der Waals surface area contributed by atoms with Gasteiger partial charge in [-0.2, -0.15) is 0 Å². The first-order chi connectivity index (χ1) is 13.3. The second-order valence-electron chi connectivity index (χ2n) is 5.88. The first kappa shape index (κ1) is 20.6. The van der Waals surface area contributed by atoms with E-state index in [0.29, 0.717) is 10.1 Å². The van der Waals surface area contributed by atoms with Crippen LogP contribution in [0.4, 0.5) is 5.69 Å². The standard InChI is InChI=1S/C19H20N4O5/c1-4-10-21-17(26)22(11-5-2)19(28)23(18(21)27)12-16(25)20-15-9-7-6-8-14(15)13(3)24/h4-9H,1-2,10-12H2,3H3,(H,20,25). The molecule has 28 heavy (non-hydrogen) atoms. The highest BCUT2D eigenvalue weighted by atomic mass is 16.2. The molecular weight excluding hydrogens is 364 g/mol. The molecule has 0 bridgehead atoms. The smallest absolute Gasteiger partial charge is 0.324 e. The van der Waals surface area contributed by atoms with Crippen LogP contribution in [0.3, 0.4) is 0 Å². The molecule has 0 spiro atoms. The summed E-state index contributed by atoms with van der Waals surface area (Å²) in [7, 11) is 0. The number of anilines is 1. The maximum Gasteiger partial charge on any atom is 0.337 e. The fourth-order valence-corrected chi connectivity index (χ4v) is 2.62. The minimum Gasteiger partial charge on any atom is -0.324 e. The van der Waals surface area contributed by atoms with Crippen molar-refractivity contribution in [1.29, 1.82) is 0 Å². The summed E-state index contributed by atoms with van der Waals surface area (Å²) in [5.74, 6) is -0.942. The quantitative estimate of drug-likeness (QED) is 0.522. The number of aromatic nitrogens is 3. The number of nitrogens with one attached hydrogen (secondary N) is 1. The topological polar surface area (TPSA) is 112 Å². The normalized spacial score (nSPS) is 10.3. The summed E-state index contributed by atoms with van der Waals surface area (Å²) in [5.41, 5.74) is -2.11. The SMILES string of the molecule is C=CCn1c(=O)n(CC=C)c(=O)n(CC(=O)Nc2ccccc2C(C)=O)c1=O. The van der Waals surface area contributed by atoms with Crippen LogP contribution < -0.4 is 22.4 Å². The number of benzene rings is 1. The van der Waals surface area contributed by atoms with E-state index in [1.807, 2.05) is 0 Å². The van der Waals surface area contributed by atoms with E-state index in [4.69, 9.17) is 0 Å². The van der Waals surface area contributed by atoms with Crippen molar-refractivity contribution in [2.24, 2.45) is 0 Å². The number of allylic oxidation sites excluding steroid dienone is 2. The highest BCUT2D eigenvalue weighted by Gasteiger charge is 2.17. The van der Waals surface area contributed by atoms with Crippen LogP contribution in [0.2, 0.25) is 0 Å². The van der Waals surface area contributed by atoms with Crippen LogP contribution in [0.1, 0.15) is 17.3 Å². The molecule has 2 rings (SSSR count). The van der Waals surface area contributed by atoms with Gasteiger partial charge in [0.1, 0.15) is 6.54 Å². The molecule has 1 amide bonds. The minimum atomic E-state index is -0.926. The van der Waals surface area contributed by atoms with Gasteiger partial charge in [-0.3, -0.25) is 9.59 Å². The van der Waals surface area contributed by atoms with E-state index in [1.165, 1.54) is 25.1 Å². The number of hydrogen-bond acceptors (Lipinski definition) is 5. The van der Waals surface area contributed by atoms with Crippen LogP contribution in [0, 0.1) is 0 Å². The molecule has 146 valence electrons. The number of nitrogens with zero attached hydrogens (tertiary/aromatic N) is 3. The summed E-state index contributed by atoms with van der Waals surface area (Å²) in [4.78, 5) is 61.5. The van der Waals surface area contributed by atoms with Crippen LogP contribution in [-0.4, -0.2) is 25.4 Å². The van der Waals surface area contributed by atoms with Crippen molar-refractivity contribution >= 4 is 17.4 Å².